The number of halogens is 4. The lowest BCUT2D eigenvalue weighted by atomic mass is 9.97. The van der Waals surface area contributed by atoms with E-state index in [4.69, 9.17) is 4.74 Å². The standard InChI is InChI=1S/C29H20F4O/c1-3-34-25-17-16-24(28(32)29(25)33)27(31)26(30)23-15-14-20(21-6-4-5-7-22(21)23)13-12-19-10-8-18(2)9-11-19/h4-11,14-17H,3H2,1-2H3/b27-26+. The van der Waals surface area contributed by atoms with Crippen molar-refractivity contribution in [2.45, 2.75) is 13.8 Å². The number of hydrogen-bond acceptors (Lipinski definition) is 1. The Morgan fingerprint density at radius 1 is 0.735 bits per heavy atom. The van der Waals surface area contributed by atoms with Crippen molar-refractivity contribution >= 4 is 22.4 Å². The molecule has 0 heterocycles. The second-order valence-corrected chi connectivity index (χ2v) is 7.62. The van der Waals surface area contributed by atoms with Gasteiger partial charge in [0.15, 0.2) is 23.2 Å². The van der Waals surface area contributed by atoms with E-state index in [2.05, 4.69) is 11.8 Å². The van der Waals surface area contributed by atoms with Crippen LogP contribution in [-0.4, -0.2) is 6.61 Å². The van der Waals surface area contributed by atoms with Gasteiger partial charge >= 0.3 is 0 Å². The molecule has 0 N–H and O–H groups in total. The third-order valence-electron chi connectivity index (χ3n) is 5.33. The van der Waals surface area contributed by atoms with Crippen LogP contribution in [0.25, 0.3) is 22.4 Å². The quantitative estimate of drug-likeness (QED) is 0.170. The molecular weight excluding hydrogens is 440 g/mol. The second-order valence-electron chi connectivity index (χ2n) is 7.62. The molecule has 5 heteroatoms. The van der Waals surface area contributed by atoms with E-state index in [9.17, 15) is 8.78 Å². The van der Waals surface area contributed by atoms with Gasteiger partial charge < -0.3 is 4.74 Å². The highest BCUT2D eigenvalue weighted by Crippen LogP contribution is 2.36. The van der Waals surface area contributed by atoms with E-state index in [0.717, 1.165) is 23.3 Å². The largest absolute Gasteiger partial charge is 0.491 e. The maximum absolute atomic E-state index is 15.3. The fourth-order valence-electron chi connectivity index (χ4n) is 3.58. The van der Waals surface area contributed by atoms with Gasteiger partial charge in [-0.05, 0) is 55.0 Å². The summed E-state index contributed by atoms with van der Waals surface area (Å²) < 4.78 is 63.9. The monoisotopic (exact) mass is 460 g/mol. The summed E-state index contributed by atoms with van der Waals surface area (Å²) in [7, 11) is 0. The third kappa shape index (κ3) is 4.53. The summed E-state index contributed by atoms with van der Waals surface area (Å²) in [6, 6.07) is 19.6. The van der Waals surface area contributed by atoms with Gasteiger partial charge in [0.05, 0.1) is 12.2 Å². The van der Waals surface area contributed by atoms with E-state index in [1.165, 1.54) is 6.07 Å². The van der Waals surface area contributed by atoms with E-state index < -0.39 is 28.9 Å². The maximum atomic E-state index is 15.3. The highest BCUT2D eigenvalue weighted by atomic mass is 19.2. The summed E-state index contributed by atoms with van der Waals surface area (Å²) in [4.78, 5) is 0. The summed E-state index contributed by atoms with van der Waals surface area (Å²) in [5, 5.41) is 1.01. The smallest absolute Gasteiger partial charge is 0.201 e. The first-order valence-electron chi connectivity index (χ1n) is 10.7. The van der Waals surface area contributed by atoms with Gasteiger partial charge in [0.1, 0.15) is 0 Å². The highest BCUT2D eigenvalue weighted by Gasteiger charge is 2.22. The Hall–Kier alpha value is -4.04. The van der Waals surface area contributed by atoms with Crippen LogP contribution >= 0.6 is 0 Å². The predicted molar refractivity (Wildman–Crippen MR) is 128 cm³/mol. The fraction of sp³-hybridized carbons (Fsp3) is 0.103. The van der Waals surface area contributed by atoms with Crippen molar-refractivity contribution in [3.8, 4) is 17.6 Å². The van der Waals surface area contributed by atoms with Gasteiger partial charge in [-0.15, -0.1) is 0 Å². The molecule has 0 spiro atoms. The van der Waals surface area contributed by atoms with Crippen molar-refractivity contribution in [1.82, 2.24) is 0 Å². The second kappa shape index (κ2) is 9.84. The molecule has 4 aromatic carbocycles. The molecule has 0 unspecified atom stereocenters. The van der Waals surface area contributed by atoms with Gasteiger partial charge in [-0.1, -0.05) is 59.9 Å². The Balaban J connectivity index is 1.80. The van der Waals surface area contributed by atoms with E-state index in [1.807, 2.05) is 31.2 Å². The number of rotatable bonds is 4. The minimum Gasteiger partial charge on any atom is -0.491 e. The molecular formula is C29H20F4O. The van der Waals surface area contributed by atoms with Crippen LogP contribution in [-0.2, 0) is 0 Å². The zero-order valence-corrected chi connectivity index (χ0v) is 18.6. The summed E-state index contributed by atoms with van der Waals surface area (Å²) >= 11 is 0. The number of aryl methyl sites for hydroxylation is 1. The van der Waals surface area contributed by atoms with Crippen molar-refractivity contribution in [1.29, 1.82) is 0 Å². The van der Waals surface area contributed by atoms with Crippen molar-refractivity contribution in [2.24, 2.45) is 0 Å². The Labute approximate surface area is 195 Å². The molecule has 0 aliphatic rings. The van der Waals surface area contributed by atoms with Gasteiger partial charge in [-0.3, -0.25) is 0 Å². The molecule has 0 amide bonds. The SMILES string of the molecule is CCOc1ccc(/C(F)=C(\F)c2ccc(C#Cc3ccc(C)cc3)c3ccccc23)c(F)c1F. The van der Waals surface area contributed by atoms with Gasteiger partial charge in [0.2, 0.25) is 5.82 Å². The van der Waals surface area contributed by atoms with Crippen molar-refractivity contribution in [3.63, 3.8) is 0 Å². The summed E-state index contributed by atoms with van der Waals surface area (Å²) in [6.45, 7) is 3.69. The molecule has 0 aliphatic carbocycles. The Bertz CT molecular complexity index is 1460. The van der Waals surface area contributed by atoms with Crippen LogP contribution in [0.5, 0.6) is 5.75 Å². The Morgan fingerprint density at radius 2 is 1.38 bits per heavy atom. The van der Waals surface area contributed by atoms with Gasteiger partial charge in [-0.25, -0.2) is 13.2 Å². The average molecular weight is 460 g/mol. The zero-order valence-electron chi connectivity index (χ0n) is 18.6. The first-order chi connectivity index (χ1) is 16.4. The minimum absolute atomic E-state index is 0.0809. The zero-order chi connectivity index (χ0) is 24.2. The molecule has 170 valence electrons. The lowest BCUT2D eigenvalue weighted by Crippen LogP contribution is -2.00. The Morgan fingerprint density at radius 3 is 2.09 bits per heavy atom. The maximum Gasteiger partial charge on any atom is 0.201 e. The first kappa shape index (κ1) is 23.1. The van der Waals surface area contributed by atoms with Crippen LogP contribution in [0.3, 0.4) is 0 Å². The van der Waals surface area contributed by atoms with Crippen LogP contribution in [0, 0.1) is 30.4 Å². The number of fused-ring (bicyclic) bond motifs is 1. The van der Waals surface area contributed by atoms with E-state index >= 15 is 8.78 Å². The van der Waals surface area contributed by atoms with Crippen LogP contribution in [0.1, 0.15) is 34.7 Å². The molecule has 4 aromatic rings. The lowest BCUT2D eigenvalue weighted by Gasteiger charge is -2.10. The normalized spacial score (nSPS) is 11.6. The van der Waals surface area contributed by atoms with E-state index in [-0.39, 0.29) is 17.9 Å². The number of benzene rings is 4. The first-order valence-corrected chi connectivity index (χ1v) is 10.7. The minimum atomic E-state index is -1.51. The molecule has 4 rings (SSSR count). The van der Waals surface area contributed by atoms with Crippen LogP contribution < -0.4 is 4.74 Å². The number of hydrogen-bond donors (Lipinski definition) is 0. The topological polar surface area (TPSA) is 9.23 Å². The molecule has 1 nitrogen and oxygen atoms in total. The predicted octanol–water partition coefficient (Wildman–Crippen LogP) is 7.99. The Kier molecular flexibility index (Phi) is 6.70. The van der Waals surface area contributed by atoms with Gasteiger partial charge in [0, 0.05) is 16.7 Å². The summed E-state index contributed by atoms with van der Waals surface area (Å²) in [5.41, 5.74) is 1.68. The van der Waals surface area contributed by atoms with Crippen LogP contribution in [0.2, 0.25) is 0 Å². The van der Waals surface area contributed by atoms with E-state index in [1.54, 1.807) is 37.3 Å². The molecule has 34 heavy (non-hydrogen) atoms. The molecule has 0 fully saturated rings. The molecule has 0 bridgehead atoms. The fourth-order valence-corrected chi connectivity index (χ4v) is 3.58. The summed E-state index contributed by atoms with van der Waals surface area (Å²) in [6.07, 6.45) is 0. The lowest BCUT2D eigenvalue weighted by molar-refractivity contribution is 0.313. The van der Waals surface area contributed by atoms with Gasteiger partial charge in [-0.2, -0.15) is 4.39 Å². The van der Waals surface area contributed by atoms with Crippen molar-refractivity contribution in [3.05, 3.63) is 112 Å². The van der Waals surface area contributed by atoms with E-state index in [0.29, 0.717) is 16.3 Å². The van der Waals surface area contributed by atoms with Gasteiger partial charge in [0.25, 0.3) is 0 Å². The highest BCUT2D eigenvalue weighted by molar-refractivity contribution is 6.00. The molecule has 0 aromatic heterocycles. The molecule has 0 atom stereocenters. The summed E-state index contributed by atoms with van der Waals surface area (Å²) in [5.74, 6) is 0.122. The van der Waals surface area contributed by atoms with Crippen molar-refractivity contribution < 1.29 is 22.3 Å². The number of ether oxygens (including phenoxy) is 1. The molecule has 0 saturated heterocycles. The third-order valence-corrected chi connectivity index (χ3v) is 5.33. The molecule has 0 radical (unpaired) electrons. The molecule has 0 saturated carbocycles. The van der Waals surface area contributed by atoms with Crippen LogP contribution in [0.4, 0.5) is 17.6 Å². The van der Waals surface area contributed by atoms with Crippen LogP contribution in [0.15, 0.2) is 72.8 Å². The average Bonchev–Trinajstić information content (AvgIpc) is 2.85. The molecule has 0 aliphatic heterocycles. The van der Waals surface area contributed by atoms with Crippen molar-refractivity contribution in [2.75, 3.05) is 6.61 Å².